The van der Waals surface area contributed by atoms with E-state index in [1.165, 1.54) is 7.58 Å². The zero-order chi connectivity index (χ0) is 7.84. The first-order valence-electron chi connectivity index (χ1n) is 2.96. The molecule has 0 saturated heterocycles. The molecule has 0 aliphatic rings. The molecular weight excluding hydrogens is 337 g/mol. The van der Waals surface area contributed by atoms with E-state index in [1.54, 1.807) is 11.3 Å². The lowest BCUT2D eigenvalue weighted by Crippen LogP contribution is -1.70. The number of hydrogen-bond acceptors (Lipinski definition) is 2. The highest BCUT2D eigenvalue weighted by Gasteiger charge is 1.99. The van der Waals surface area contributed by atoms with Gasteiger partial charge in [0.1, 0.15) is 0 Å². The lowest BCUT2D eigenvalue weighted by atomic mass is 10.4. The number of nitrogens with zero attached hydrogens (tertiary/aromatic N) is 1. The van der Waals surface area contributed by atoms with Gasteiger partial charge in [-0.2, -0.15) is 0 Å². The van der Waals surface area contributed by atoms with Crippen LogP contribution >= 0.6 is 49.9 Å². The molecule has 0 aromatic carbocycles. The van der Waals surface area contributed by atoms with Crippen molar-refractivity contribution in [2.75, 3.05) is 0 Å². The molecule has 0 fully saturated rings. The molecule has 2 aromatic rings. The van der Waals surface area contributed by atoms with Crippen molar-refractivity contribution < 1.29 is 0 Å². The Morgan fingerprint density at radius 2 is 2.27 bits per heavy atom. The number of thiophene rings is 1. The summed E-state index contributed by atoms with van der Waals surface area (Å²) in [4.78, 5) is 4.26. The summed E-state index contributed by atoms with van der Waals surface area (Å²) in [6.07, 6.45) is 1.82. The fourth-order valence-corrected chi connectivity index (χ4v) is 3.14. The third kappa shape index (κ3) is 1.57. The molecule has 0 radical (unpaired) electrons. The van der Waals surface area contributed by atoms with Gasteiger partial charge in [-0.15, -0.1) is 11.3 Å². The van der Waals surface area contributed by atoms with Crippen LogP contribution in [0.4, 0.5) is 0 Å². The molecule has 0 aliphatic carbocycles. The molecule has 0 spiro atoms. The van der Waals surface area contributed by atoms with Crippen LogP contribution < -0.4 is 0 Å². The summed E-state index contributed by atoms with van der Waals surface area (Å²) in [6, 6.07) is 4.18. The largest absolute Gasteiger partial charge is 0.254 e. The first-order chi connectivity index (χ1) is 5.25. The maximum absolute atomic E-state index is 4.26. The Morgan fingerprint density at radius 1 is 1.45 bits per heavy atom. The fourth-order valence-electron chi connectivity index (χ4n) is 0.863. The van der Waals surface area contributed by atoms with Gasteiger partial charge in [-0.3, -0.25) is 4.98 Å². The summed E-state index contributed by atoms with van der Waals surface area (Å²) in [5.41, 5.74) is 1.09. The first-order valence-corrected chi connectivity index (χ1v) is 5.65. The highest BCUT2D eigenvalue weighted by Crippen LogP contribution is 2.27. The zero-order valence-electron chi connectivity index (χ0n) is 5.34. The molecule has 2 heterocycles. The van der Waals surface area contributed by atoms with Gasteiger partial charge in [0.05, 0.1) is 13.1 Å². The van der Waals surface area contributed by atoms with Gasteiger partial charge in [-0.05, 0) is 50.7 Å². The quantitative estimate of drug-likeness (QED) is 0.667. The van der Waals surface area contributed by atoms with Gasteiger partial charge in [0.15, 0.2) is 0 Å². The Balaban J connectivity index is 2.82. The molecule has 0 amide bonds. The maximum atomic E-state index is 4.26. The van der Waals surface area contributed by atoms with E-state index in [1.807, 2.05) is 6.20 Å². The number of hydrogen-bond donors (Lipinski definition) is 0. The Labute approximate surface area is 90.1 Å². The minimum absolute atomic E-state index is 1.04. The summed E-state index contributed by atoms with van der Waals surface area (Å²) in [6.45, 7) is 0. The van der Waals surface area contributed by atoms with E-state index >= 15 is 0 Å². The monoisotopic (exact) mass is 339 g/mol. The second-order valence-electron chi connectivity index (χ2n) is 2.09. The predicted octanol–water partition coefficient (Wildman–Crippen LogP) is 3.66. The van der Waals surface area contributed by atoms with Crippen LogP contribution in [-0.2, 0) is 0 Å². The van der Waals surface area contributed by atoms with Crippen molar-refractivity contribution in [1.29, 1.82) is 0 Å². The summed E-state index contributed by atoms with van der Waals surface area (Å²) >= 11 is 7.45. The zero-order valence-corrected chi connectivity index (χ0v) is 9.90. The van der Waals surface area contributed by atoms with Crippen molar-refractivity contribution >= 4 is 60.1 Å². The number of rotatable bonds is 0. The van der Waals surface area contributed by atoms with E-state index in [0.29, 0.717) is 0 Å². The van der Waals surface area contributed by atoms with E-state index in [0.717, 1.165) is 9.99 Å². The number of halogens is 2. The topological polar surface area (TPSA) is 12.9 Å². The van der Waals surface area contributed by atoms with Gasteiger partial charge in [-0.1, -0.05) is 0 Å². The van der Waals surface area contributed by atoms with Crippen LogP contribution in [0.15, 0.2) is 22.8 Å². The van der Waals surface area contributed by atoms with E-state index in [9.17, 15) is 0 Å². The van der Waals surface area contributed by atoms with E-state index in [2.05, 4.69) is 55.6 Å². The van der Waals surface area contributed by atoms with Crippen molar-refractivity contribution in [3.8, 4) is 0 Å². The second-order valence-corrected chi connectivity index (χ2v) is 5.98. The molecule has 0 N–H and O–H groups in total. The molecule has 0 atom stereocenters. The molecule has 2 aromatic heterocycles. The molecule has 4 heteroatoms. The highest BCUT2D eigenvalue weighted by molar-refractivity contribution is 14.1. The van der Waals surface area contributed by atoms with Crippen LogP contribution in [0, 0.1) is 2.88 Å². The van der Waals surface area contributed by atoms with Gasteiger partial charge >= 0.3 is 0 Å². The lowest BCUT2D eigenvalue weighted by molar-refractivity contribution is 1.40. The highest BCUT2D eigenvalue weighted by atomic mass is 127. The second kappa shape index (κ2) is 2.99. The van der Waals surface area contributed by atoms with E-state index in [-0.39, 0.29) is 0 Å². The van der Waals surface area contributed by atoms with Gasteiger partial charge in [-0.25, -0.2) is 0 Å². The van der Waals surface area contributed by atoms with Crippen molar-refractivity contribution in [3.05, 3.63) is 25.7 Å². The normalized spacial score (nSPS) is 10.7. The predicted molar refractivity (Wildman–Crippen MR) is 60.0 cm³/mol. The fraction of sp³-hybridized carbons (Fsp3) is 0. The number of aromatic nitrogens is 1. The summed E-state index contributed by atoms with van der Waals surface area (Å²) in [5, 5.41) is 0. The average Bonchev–Trinajstić information content (AvgIpc) is 2.27. The lowest BCUT2D eigenvalue weighted by Gasteiger charge is -1.87. The molecule has 2 rings (SSSR count). The molecule has 0 aliphatic heterocycles. The molecular formula is C7H3BrINS. The van der Waals surface area contributed by atoms with Crippen LogP contribution in [0.1, 0.15) is 0 Å². The van der Waals surface area contributed by atoms with Crippen LogP contribution in [0.2, 0.25) is 0 Å². The summed E-state index contributed by atoms with van der Waals surface area (Å²) in [7, 11) is 0. The SMILES string of the molecule is Brc1cnc2cc(I)sc2c1. The van der Waals surface area contributed by atoms with Crippen LogP contribution in [0.25, 0.3) is 10.2 Å². The van der Waals surface area contributed by atoms with Gasteiger partial charge in [0, 0.05) is 10.7 Å². The smallest absolute Gasteiger partial charge is 0.0821 e. The van der Waals surface area contributed by atoms with Gasteiger partial charge < -0.3 is 0 Å². The Bertz CT molecular complexity index is 398. The first kappa shape index (κ1) is 7.94. The Morgan fingerprint density at radius 3 is 3.09 bits per heavy atom. The molecule has 56 valence electrons. The van der Waals surface area contributed by atoms with Crippen molar-refractivity contribution in [1.82, 2.24) is 4.98 Å². The Kier molecular flexibility index (Phi) is 2.16. The van der Waals surface area contributed by atoms with E-state index in [4.69, 9.17) is 0 Å². The number of pyridine rings is 1. The Hall–Kier alpha value is 0.320. The molecule has 0 bridgehead atoms. The van der Waals surface area contributed by atoms with Crippen LogP contribution in [0.5, 0.6) is 0 Å². The van der Waals surface area contributed by atoms with Crippen LogP contribution in [-0.4, -0.2) is 4.98 Å². The van der Waals surface area contributed by atoms with Crippen LogP contribution in [0.3, 0.4) is 0 Å². The van der Waals surface area contributed by atoms with Crippen molar-refractivity contribution in [2.24, 2.45) is 0 Å². The molecule has 0 unspecified atom stereocenters. The standard InChI is InChI=1S/C7H3BrINS/c8-4-1-6-5(10-3-4)2-7(9)11-6/h1-3H. The van der Waals surface area contributed by atoms with Gasteiger partial charge in [0.2, 0.25) is 0 Å². The summed E-state index contributed by atoms with van der Waals surface area (Å²) in [5.74, 6) is 0. The third-order valence-corrected chi connectivity index (χ3v) is 3.57. The van der Waals surface area contributed by atoms with Crippen molar-refractivity contribution in [3.63, 3.8) is 0 Å². The van der Waals surface area contributed by atoms with E-state index < -0.39 is 0 Å². The summed E-state index contributed by atoms with van der Waals surface area (Å²) < 4.78 is 3.57. The van der Waals surface area contributed by atoms with Crippen molar-refractivity contribution in [2.45, 2.75) is 0 Å². The number of fused-ring (bicyclic) bond motifs is 1. The molecule has 1 nitrogen and oxygen atoms in total. The van der Waals surface area contributed by atoms with Gasteiger partial charge in [0.25, 0.3) is 0 Å². The third-order valence-electron chi connectivity index (χ3n) is 1.31. The molecule has 11 heavy (non-hydrogen) atoms. The molecule has 0 saturated carbocycles. The minimum atomic E-state index is 1.04. The maximum Gasteiger partial charge on any atom is 0.0821 e. The minimum Gasteiger partial charge on any atom is -0.254 e. The average molecular weight is 340 g/mol.